The third-order valence-electron chi connectivity index (χ3n) is 4.62. The van der Waals surface area contributed by atoms with E-state index in [1.807, 2.05) is 30.3 Å². The Labute approximate surface area is 165 Å². The zero-order valence-electron chi connectivity index (χ0n) is 16.8. The van der Waals surface area contributed by atoms with Gasteiger partial charge >= 0.3 is 18.2 Å². The predicted octanol–water partition coefficient (Wildman–Crippen LogP) is 3.11. The molecule has 1 aromatic carbocycles. The number of carbonyl (C=O) groups is 3. The third-order valence-corrected chi connectivity index (χ3v) is 4.62. The van der Waals surface area contributed by atoms with Crippen LogP contribution in [0.5, 0.6) is 0 Å². The summed E-state index contributed by atoms with van der Waals surface area (Å²) < 4.78 is 10.7. The molecular weight excluding hydrogens is 364 g/mol. The Morgan fingerprint density at radius 2 is 1.75 bits per heavy atom. The summed E-state index contributed by atoms with van der Waals surface area (Å²) in [6.07, 6.45) is -1.18. The molecule has 1 aliphatic rings. The molecular formula is C20H28N2O6. The maximum atomic E-state index is 12.7. The first-order valence-corrected chi connectivity index (χ1v) is 9.28. The average Bonchev–Trinajstić information content (AvgIpc) is 2.64. The second-order valence-corrected chi connectivity index (χ2v) is 7.78. The van der Waals surface area contributed by atoms with Crippen LogP contribution in [0, 0.1) is 0 Å². The minimum atomic E-state index is -1.57. The van der Waals surface area contributed by atoms with E-state index in [1.165, 1.54) is 9.80 Å². The highest BCUT2D eigenvalue weighted by Crippen LogP contribution is 2.28. The van der Waals surface area contributed by atoms with Crippen LogP contribution in [0.4, 0.5) is 9.59 Å². The lowest BCUT2D eigenvalue weighted by molar-refractivity contribution is -0.155. The van der Waals surface area contributed by atoms with Crippen LogP contribution in [-0.2, 0) is 20.9 Å². The van der Waals surface area contributed by atoms with Crippen molar-refractivity contribution in [1.82, 2.24) is 9.80 Å². The zero-order chi connectivity index (χ0) is 20.9. The Bertz CT molecular complexity index is 715. The van der Waals surface area contributed by atoms with Gasteiger partial charge in [0.15, 0.2) is 5.54 Å². The Morgan fingerprint density at radius 1 is 1.11 bits per heavy atom. The fourth-order valence-corrected chi connectivity index (χ4v) is 3.10. The molecule has 154 valence electrons. The van der Waals surface area contributed by atoms with Gasteiger partial charge in [0.2, 0.25) is 0 Å². The topological polar surface area (TPSA) is 96.4 Å². The lowest BCUT2D eigenvalue weighted by atomic mass is 9.91. The van der Waals surface area contributed by atoms with Crippen LogP contribution in [0.15, 0.2) is 30.3 Å². The van der Waals surface area contributed by atoms with Gasteiger partial charge in [-0.25, -0.2) is 14.4 Å². The van der Waals surface area contributed by atoms with Crippen LogP contribution in [0.2, 0.25) is 0 Å². The van der Waals surface area contributed by atoms with Gasteiger partial charge in [-0.1, -0.05) is 37.3 Å². The summed E-state index contributed by atoms with van der Waals surface area (Å²) >= 11 is 0. The smallest absolute Gasteiger partial charge is 0.411 e. The van der Waals surface area contributed by atoms with Crippen molar-refractivity contribution in [2.75, 3.05) is 19.6 Å². The molecule has 2 rings (SSSR count). The largest absolute Gasteiger partial charge is 0.479 e. The van der Waals surface area contributed by atoms with E-state index >= 15 is 0 Å². The summed E-state index contributed by atoms with van der Waals surface area (Å²) in [5, 5.41) is 9.90. The van der Waals surface area contributed by atoms with Crippen molar-refractivity contribution < 1.29 is 29.0 Å². The third kappa shape index (κ3) is 4.94. The molecule has 0 saturated carbocycles. The lowest BCUT2D eigenvalue weighted by Crippen LogP contribution is -2.68. The Balaban J connectivity index is 2.14. The van der Waals surface area contributed by atoms with Crippen LogP contribution in [-0.4, -0.2) is 63.8 Å². The molecule has 1 atom stereocenters. The van der Waals surface area contributed by atoms with E-state index < -0.39 is 29.3 Å². The van der Waals surface area contributed by atoms with Gasteiger partial charge < -0.3 is 19.5 Å². The van der Waals surface area contributed by atoms with Crippen LogP contribution in [0.3, 0.4) is 0 Å². The zero-order valence-corrected chi connectivity index (χ0v) is 16.8. The Hall–Kier alpha value is -2.77. The predicted molar refractivity (Wildman–Crippen MR) is 102 cm³/mol. The molecule has 1 N–H and O–H groups in total. The molecule has 0 aromatic heterocycles. The number of carbonyl (C=O) groups excluding carboxylic acids is 2. The molecule has 1 heterocycles. The number of hydrogen-bond acceptors (Lipinski definition) is 5. The molecule has 28 heavy (non-hydrogen) atoms. The number of ether oxygens (including phenoxy) is 2. The van der Waals surface area contributed by atoms with Crippen molar-refractivity contribution in [2.24, 2.45) is 0 Å². The summed E-state index contributed by atoms with van der Waals surface area (Å²) in [6.45, 7) is 7.01. The second-order valence-electron chi connectivity index (χ2n) is 7.78. The maximum Gasteiger partial charge on any atom is 0.411 e. The second kappa shape index (κ2) is 8.50. The molecule has 0 radical (unpaired) electrons. The summed E-state index contributed by atoms with van der Waals surface area (Å²) in [4.78, 5) is 39.7. The number of rotatable bonds is 4. The van der Waals surface area contributed by atoms with E-state index in [1.54, 1.807) is 27.7 Å². The van der Waals surface area contributed by atoms with Crippen molar-refractivity contribution in [1.29, 1.82) is 0 Å². The van der Waals surface area contributed by atoms with Crippen molar-refractivity contribution >= 4 is 18.2 Å². The van der Waals surface area contributed by atoms with Crippen molar-refractivity contribution in [3.63, 3.8) is 0 Å². The van der Waals surface area contributed by atoms with Gasteiger partial charge in [0.1, 0.15) is 12.2 Å². The van der Waals surface area contributed by atoms with Gasteiger partial charge in [-0.15, -0.1) is 0 Å². The summed E-state index contributed by atoms with van der Waals surface area (Å²) in [7, 11) is 0. The molecule has 8 nitrogen and oxygen atoms in total. The van der Waals surface area contributed by atoms with Gasteiger partial charge in [-0.2, -0.15) is 0 Å². The molecule has 0 unspecified atom stereocenters. The van der Waals surface area contributed by atoms with Crippen LogP contribution < -0.4 is 0 Å². The van der Waals surface area contributed by atoms with Gasteiger partial charge in [0.25, 0.3) is 0 Å². The maximum absolute atomic E-state index is 12.7. The standard InChI is InChI=1S/C20H28N2O6/c1-5-20(16(23)24)14-21(17(25)28-19(2,3)4)11-12-22(20)18(26)27-13-15-9-7-6-8-10-15/h6-10H,5,11-14H2,1-4H3,(H,23,24)/t20-/m0/s1. The number of amides is 2. The molecule has 0 spiro atoms. The number of carboxylic acid groups (broad SMARTS) is 1. The monoisotopic (exact) mass is 392 g/mol. The normalized spacial score (nSPS) is 19.9. The van der Waals surface area contributed by atoms with Gasteiger partial charge in [0.05, 0.1) is 6.54 Å². The quantitative estimate of drug-likeness (QED) is 0.846. The van der Waals surface area contributed by atoms with E-state index in [2.05, 4.69) is 0 Å². The van der Waals surface area contributed by atoms with Crippen molar-refractivity contribution in [2.45, 2.75) is 51.9 Å². The van der Waals surface area contributed by atoms with Gasteiger partial charge in [-0.3, -0.25) is 4.90 Å². The molecule has 0 bridgehead atoms. The van der Waals surface area contributed by atoms with Crippen LogP contribution in [0.1, 0.15) is 39.7 Å². The fourth-order valence-electron chi connectivity index (χ4n) is 3.10. The number of nitrogens with zero attached hydrogens (tertiary/aromatic N) is 2. The first-order valence-electron chi connectivity index (χ1n) is 9.28. The highest BCUT2D eigenvalue weighted by molar-refractivity contribution is 5.86. The summed E-state index contributed by atoms with van der Waals surface area (Å²) in [6, 6.07) is 9.15. The van der Waals surface area contributed by atoms with Crippen LogP contribution >= 0.6 is 0 Å². The van der Waals surface area contributed by atoms with E-state index in [0.29, 0.717) is 0 Å². The Kier molecular flexibility index (Phi) is 6.53. The first-order chi connectivity index (χ1) is 13.1. The van der Waals surface area contributed by atoms with E-state index in [4.69, 9.17) is 9.47 Å². The summed E-state index contributed by atoms with van der Waals surface area (Å²) in [5.41, 5.74) is -1.45. The van der Waals surface area contributed by atoms with Crippen molar-refractivity contribution in [3.8, 4) is 0 Å². The average molecular weight is 392 g/mol. The summed E-state index contributed by atoms with van der Waals surface area (Å²) in [5.74, 6) is -1.18. The molecule has 1 aliphatic heterocycles. The Morgan fingerprint density at radius 3 is 2.29 bits per heavy atom. The van der Waals surface area contributed by atoms with Crippen LogP contribution in [0.25, 0.3) is 0 Å². The molecule has 0 aliphatic carbocycles. The number of benzene rings is 1. The highest BCUT2D eigenvalue weighted by atomic mass is 16.6. The number of carboxylic acids is 1. The molecule has 1 saturated heterocycles. The number of aliphatic carboxylic acids is 1. The fraction of sp³-hybridized carbons (Fsp3) is 0.550. The van der Waals surface area contributed by atoms with E-state index in [9.17, 15) is 19.5 Å². The first kappa shape index (κ1) is 21.5. The van der Waals surface area contributed by atoms with Crippen molar-refractivity contribution in [3.05, 3.63) is 35.9 Å². The SMILES string of the molecule is CC[C@@]1(C(=O)O)CN(C(=O)OC(C)(C)C)CCN1C(=O)OCc1ccccc1. The van der Waals surface area contributed by atoms with E-state index in [0.717, 1.165) is 5.56 Å². The molecule has 8 heteroatoms. The molecule has 2 amide bonds. The lowest BCUT2D eigenvalue weighted by Gasteiger charge is -2.46. The minimum absolute atomic E-state index is 0.0470. The minimum Gasteiger partial charge on any atom is -0.479 e. The van der Waals surface area contributed by atoms with Gasteiger partial charge in [0, 0.05) is 13.1 Å². The van der Waals surface area contributed by atoms with E-state index in [-0.39, 0.29) is 32.7 Å². The number of piperazine rings is 1. The van der Waals surface area contributed by atoms with Gasteiger partial charge in [-0.05, 0) is 32.8 Å². The number of hydrogen-bond donors (Lipinski definition) is 1. The molecule has 1 fully saturated rings. The molecule has 1 aromatic rings. The highest BCUT2D eigenvalue weighted by Gasteiger charge is 2.51.